The molecule has 0 saturated heterocycles. The maximum Gasteiger partial charge on any atom is 0.265 e. The van der Waals surface area contributed by atoms with E-state index in [2.05, 4.69) is 21.8 Å². The molecule has 1 aromatic rings. The van der Waals surface area contributed by atoms with Gasteiger partial charge in [0.1, 0.15) is 4.88 Å². The molecule has 1 amide bonds. The lowest BCUT2D eigenvalue weighted by Crippen LogP contribution is -2.55. The van der Waals surface area contributed by atoms with Gasteiger partial charge in [0.2, 0.25) is 0 Å². The average molecular weight is 319 g/mol. The number of hydrogen-bond donors (Lipinski definition) is 1. The first-order valence-electron chi connectivity index (χ1n) is 8.71. The van der Waals surface area contributed by atoms with Gasteiger partial charge in [0.05, 0.1) is 5.69 Å². The molecule has 1 N–H and O–H groups in total. The Labute approximate surface area is 136 Å². The molecular formula is C17H25N3OS. The van der Waals surface area contributed by atoms with Gasteiger partial charge >= 0.3 is 0 Å². The third-order valence-corrected chi connectivity index (χ3v) is 7.22. The molecular weight excluding hydrogens is 294 g/mol. The minimum Gasteiger partial charge on any atom is -0.348 e. The lowest BCUT2D eigenvalue weighted by molar-refractivity contribution is -0.0687. The van der Waals surface area contributed by atoms with Crippen molar-refractivity contribution in [3.63, 3.8) is 0 Å². The van der Waals surface area contributed by atoms with Gasteiger partial charge in [-0.1, -0.05) is 11.4 Å². The van der Waals surface area contributed by atoms with Crippen molar-refractivity contribution in [3.05, 3.63) is 10.6 Å². The fraction of sp³-hybridized carbons (Fsp3) is 0.824. The van der Waals surface area contributed by atoms with Crippen molar-refractivity contribution in [1.29, 1.82) is 0 Å². The molecule has 120 valence electrons. The zero-order valence-corrected chi connectivity index (χ0v) is 14.3. The van der Waals surface area contributed by atoms with Gasteiger partial charge in [-0.15, -0.1) is 5.10 Å². The highest BCUT2D eigenvalue weighted by atomic mass is 32.1. The zero-order chi connectivity index (χ0) is 15.3. The van der Waals surface area contributed by atoms with Gasteiger partial charge in [0.15, 0.2) is 0 Å². The minimum atomic E-state index is 0.0371. The summed E-state index contributed by atoms with van der Waals surface area (Å²) < 4.78 is 3.94. The Morgan fingerprint density at radius 1 is 1.27 bits per heavy atom. The van der Waals surface area contributed by atoms with E-state index in [9.17, 15) is 4.79 Å². The highest BCUT2D eigenvalue weighted by Gasteiger charge is 2.53. The summed E-state index contributed by atoms with van der Waals surface area (Å²) in [5, 5.41) is 7.37. The fourth-order valence-electron chi connectivity index (χ4n) is 5.74. The number of nitrogens with one attached hydrogen (secondary N) is 1. The number of rotatable bonds is 4. The molecule has 4 aliphatic carbocycles. The van der Waals surface area contributed by atoms with Crippen molar-refractivity contribution in [1.82, 2.24) is 14.9 Å². The van der Waals surface area contributed by atoms with E-state index in [1.54, 1.807) is 0 Å². The Kier molecular flexibility index (Phi) is 3.51. The highest BCUT2D eigenvalue weighted by molar-refractivity contribution is 7.08. The molecule has 0 aliphatic heterocycles. The van der Waals surface area contributed by atoms with Crippen LogP contribution in [-0.4, -0.2) is 21.5 Å². The molecule has 0 radical (unpaired) electrons. The summed E-state index contributed by atoms with van der Waals surface area (Å²) in [5.74, 6) is 2.79. The Hall–Kier alpha value is -0.970. The zero-order valence-electron chi connectivity index (χ0n) is 13.5. The Morgan fingerprint density at radius 2 is 1.86 bits per heavy atom. The van der Waals surface area contributed by atoms with E-state index in [1.165, 1.54) is 50.1 Å². The van der Waals surface area contributed by atoms with Gasteiger partial charge in [-0.05, 0) is 86.6 Å². The fourth-order valence-corrected chi connectivity index (χ4v) is 6.39. The number of hydrogen-bond acceptors (Lipinski definition) is 4. The monoisotopic (exact) mass is 319 g/mol. The second-order valence-electron chi connectivity index (χ2n) is 7.88. The molecule has 4 saturated carbocycles. The van der Waals surface area contributed by atoms with E-state index >= 15 is 0 Å². The summed E-state index contributed by atoms with van der Waals surface area (Å²) in [7, 11) is 0. The van der Waals surface area contributed by atoms with Crippen molar-refractivity contribution in [2.24, 2.45) is 23.2 Å². The van der Waals surface area contributed by atoms with Gasteiger partial charge in [0.25, 0.3) is 5.91 Å². The van der Waals surface area contributed by atoms with Crippen molar-refractivity contribution in [2.45, 2.75) is 64.8 Å². The first-order chi connectivity index (χ1) is 10.6. The summed E-state index contributed by atoms with van der Waals surface area (Å²) in [6.45, 7) is 4.25. The smallest absolute Gasteiger partial charge is 0.265 e. The lowest BCUT2D eigenvalue weighted by Gasteiger charge is -2.59. The second kappa shape index (κ2) is 5.29. The summed E-state index contributed by atoms with van der Waals surface area (Å²) in [5.41, 5.74) is 1.19. The molecule has 0 unspecified atom stereocenters. The van der Waals surface area contributed by atoms with Crippen LogP contribution in [0.25, 0.3) is 0 Å². The van der Waals surface area contributed by atoms with Crippen molar-refractivity contribution < 1.29 is 4.79 Å². The number of carbonyl (C=O) groups is 1. The normalized spacial score (nSPS) is 37.3. The van der Waals surface area contributed by atoms with Crippen LogP contribution < -0.4 is 5.32 Å². The molecule has 0 aromatic carbocycles. The van der Waals surface area contributed by atoms with Gasteiger partial charge in [-0.3, -0.25) is 4.79 Å². The Balaban J connectivity index is 1.50. The molecule has 5 heteroatoms. The molecule has 0 spiro atoms. The SMILES string of the molecule is CCc1nnsc1C(=O)N[C@H](C)C12CC3CC(CC(C3)C1)C2. The third kappa shape index (κ3) is 2.29. The minimum absolute atomic E-state index is 0.0371. The van der Waals surface area contributed by atoms with Gasteiger partial charge in [-0.2, -0.15) is 0 Å². The van der Waals surface area contributed by atoms with E-state index in [0.29, 0.717) is 10.3 Å². The predicted molar refractivity (Wildman–Crippen MR) is 86.8 cm³/mol. The first-order valence-corrected chi connectivity index (χ1v) is 9.49. The van der Waals surface area contributed by atoms with Crippen LogP contribution in [0, 0.1) is 23.2 Å². The number of aryl methyl sites for hydroxylation is 1. The van der Waals surface area contributed by atoms with Crippen LogP contribution in [0.15, 0.2) is 0 Å². The first kappa shape index (κ1) is 14.6. The van der Waals surface area contributed by atoms with Gasteiger partial charge in [0, 0.05) is 6.04 Å². The molecule has 1 atom stereocenters. The third-order valence-electron chi connectivity index (χ3n) is 6.45. The van der Waals surface area contributed by atoms with Crippen LogP contribution in [0.2, 0.25) is 0 Å². The van der Waals surface area contributed by atoms with Crippen molar-refractivity contribution >= 4 is 17.4 Å². The topological polar surface area (TPSA) is 54.9 Å². The average Bonchev–Trinajstić information content (AvgIpc) is 2.94. The molecule has 4 fully saturated rings. The van der Waals surface area contributed by atoms with Crippen molar-refractivity contribution in [3.8, 4) is 0 Å². The number of amides is 1. The summed E-state index contributed by atoms with van der Waals surface area (Å²) in [6.07, 6.45) is 9.06. The Bertz CT molecular complexity index is 547. The summed E-state index contributed by atoms with van der Waals surface area (Å²) >= 11 is 1.23. The van der Waals surface area contributed by atoms with Crippen LogP contribution >= 0.6 is 11.5 Å². The molecule has 22 heavy (non-hydrogen) atoms. The molecule has 1 aromatic heterocycles. The highest BCUT2D eigenvalue weighted by Crippen LogP contribution is 2.61. The molecule has 1 heterocycles. The van der Waals surface area contributed by atoms with Crippen molar-refractivity contribution in [2.75, 3.05) is 0 Å². The lowest BCUT2D eigenvalue weighted by atomic mass is 9.48. The summed E-state index contributed by atoms with van der Waals surface area (Å²) in [6, 6.07) is 0.264. The Morgan fingerprint density at radius 3 is 2.41 bits per heavy atom. The van der Waals surface area contributed by atoms with Crippen LogP contribution in [0.5, 0.6) is 0 Å². The number of aromatic nitrogens is 2. The quantitative estimate of drug-likeness (QED) is 0.925. The van der Waals surface area contributed by atoms with Gasteiger partial charge < -0.3 is 5.32 Å². The van der Waals surface area contributed by atoms with E-state index in [1.807, 2.05) is 6.92 Å². The van der Waals surface area contributed by atoms with Crippen LogP contribution in [0.4, 0.5) is 0 Å². The maximum atomic E-state index is 12.6. The maximum absolute atomic E-state index is 12.6. The largest absolute Gasteiger partial charge is 0.348 e. The number of carbonyl (C=O) groups excluding carboxylic acids is 1. The van der Waals surface area contributed by atoms with E-state index in [-0.39, 0.29) is 11.9 Å². The predicted octanol–water partition coefficient (Wildman–Crippen LogP) is 3.44. The van der Waals surface area contributed by atoms with E-state index in [0.717, 1.165) is 29.9 Å². The van der Waals surface area contributed by atoms with Crippen LogP contribution in [0.3, 0.4) is 0 Å². The van der Waals surface area contributed by atoms with Gasteiger partial charge in [-0.25, -0.2) is 0 Å². The molecule has 4 aliphatic rings. The molecule has 4 bridgehead atoms. The molecule has 4 nitrogen and oxygen atoms in total. The summed E-state index contributed by atoms with van der Waals surface area (Å²) in [4.78, 5) is 13.3. The van der Waals surface area contributed by atoms with Crippen LogP contribution in [-0.2, 0) is 6.42 Å². The second-order valence-corrected chi connectivity index (χ2v) is 8.63. The molecule has 5 rings (SSSR count). The van der Waals surface area contributed by atoms with E-state index in [4.69, 9.17) is 0 Å². The number of nitrogens with zero attached hydrogens (tertiary/aromatic N) is 2. The standard InChI is InChI=1S/C17H25N3OS/c1-3-14-15(22-20-19-14)16(21)18-10(2)17-7-11-4-12(8-17)6-13(5-11)9-17/h10-13H,3-9H2,1-2H3,(H,18,21)/t10-,11?,12?,13?,17?/m1/s1. The van der Waals surface area contributed by atoms with E-state index < -0.39 is 0 Å². The van der Waals surface area contributed by atoms with Crippen LogP contribution in [0.1, 0.15) is 67.7 Å².